The van der Waals surface area contributed by atoms with Gasteiger partial charge in [-0.05, 0) is 55.2 Å². The van der Waals surface area contributed by atoms with Crippen molar-refractivity contribution in [2.24, 2.45) is 0 Å². The second-order valence-electron chi connectivity index (χ2n) is 8.74. The van der Waals surface area contributed by atoms with E-state index >= 15 is 0 Å². The molecule has 1 aliphatic heterocycles. The molecule has 172 valence electrons. The zero-order chi connectivity index (χ0) is 23.5. The zero-order valence-electron chi connectivity index (χ0n) is 19.2. The summed E-state index contributed by atoms with van der Waals surface area (Å²) in [5, 5.41) is 0. The highest BCUT2D eigenvalue weighted by Crippen LogP contribution is 2.33. The molecule has 0 unspecified atom stereocenters. The Morgan fingerprint density at radius 3 is 2.62 bits per heavy atom. The molecule has 0 aliphatic carbocycles. The molecule has 3 heterocycles. The van der Waals surface area contributed by atoms with E-state index in [2.05, 4.69) is 4.98 Å². The molecule has 6 heteroatoms. The summed E-state index contributed by atoms with van der Waals surface area (Å²) < 4.78 is 16.2. The summed E-state index contributed by atoms with van der Waals surface area (Å²) in [5.41, 5.74) is 3.97. The van der Waals surface area contributed by atoms with E-state index in [1.54, 1.807) is 18.3 Å². The van der Waals surface area contributed by atoms with Crippen molar-refractivity contribution in [3.05, 3.63) is 119 Å². The molecule has 1 saturated heterocycles. The second-order valence-corrected chi connectivity index (χ2v) is 8.74. The monoisotopic (exact) mass is 454 g/mol. The Bertz CT molecular complexity index is 1320. The minimum Gasteiger partial charge on any atom is -0.331 e. The lowest BCUT2D eigenvalue weighted by Crippen LogP contribution is -2.32. The van der Waals surface area contributed by atoms with E-state index in [9.17, 15) is 9.18 Å². The van der Waals surface area contributed by atoms with Crippen molar-refractivity contribution in [3.63, 3.8) is 0 Å². The molecule has 1 atom stereocenters. The van der Waals surface area contributed by atoms with Crippen molar-refractivity contribution in [3.8, 4) is 0 Å². The number of benzene rings is 2. The van der Waals surface area contributed by atoms with Crippen LogP contribution in [0, 0.1) is 12.7 Å². The van der Waals surface area contributed by atoms with Gasteiger partial charge in [0.2, 0.25) is 0 Å². The molecule has 2 aromatic carbocycles. The highest BCUT2D eigenvalue weighted by atomic mass is 19.1. The van der Waals surface area contributed by atoms with E-state index in [4.69, 9.17) is 4.98 Å². The van der Waals surface area contributed by atoms with Gasteiger partial charge in [-0.1, -0.05) is 42.5 Å². The zero-order valence-corrected chi connectivity index (χ0v) is 19.2. The number of aromatic nitrogens is 3. The van der Waals surface area contributed by atoms with Crippen molar-refractivity contribution in [1.82, 2.24) is 19.4 Å². The van der Waals surface area contributed by atoms with Gasteiger partial charge < -0.3 is 9.47 Å². The van der Waals surface area contributed by atoms with Crippen molar-refractivity contribution >= 4 is 5.91 Å². The Hall–Kier alpha value is -3.80. The first kappa shape index (κ1) is 22.0. The number of likely N-dealkylation sites (tertiary alicyclic amines) is 1. The normalized spacial score (nSPS) is 15.6. The minimum absolute atomic E-state index is 0.0252. The van der Waals surface area contributed by atoms with Gasteiger partial charge >= 0.3 is 0 Å². The molecule has 0 saturated carbocycles. The summed E-state index contributed by atoms with van der Waals surface area (Å²) in [4.78, 5) is 24.8. The van der Waals surface area contributed by atoms with Crippen LogP contribution in [0.2, 0.25) is 0 Å². The maximum atomic E-state index is 14.1. The van der Waals surface area contributed by atoms with E-state index in [-0.39, 0.29) is 17.8 Å². The maximum absolute atomic E-state index is 14.1. The average Bonchev–Trinajstić information content (AvgIpc) is 3.50. The molecule has 2 aromatic heterocycles. The molecule has 1 amide bonds. The summed E-state index contributed by atoms with van der Waals surface area (Å²) in [6.07, 6.45) is 5.92. The van der Waals surface area contributed by atoms with Gasteiger partial charge in [0.25, 0.3) is 5.91 Å². The predicted octanol–water partition coefficient (Wildman–Crippen LogP) is 5.34. The highest BCUT2D eigenvalue weighted by Gasteiger charge is 2.32. The van der Waals surface area contributed by atoms with Gasteiger partial charge in [0.1, 0.15) is 11.6 Å². The van der Waals surface area contributed by atoms with Crippen LogP contribution in [0.15, 0.2) is 79.1 Å². The Kier molecular flexibility index (Phi) is 6.21. The SMILES string of the molecule is Cc1nccn1Cc1ccccc1C(=O)N1CCC[C@H]1c1cccc(Cc2ccccc2F)n1. The molecule has 0 radical (unpaired) electrons. The number of nitrogens with zero attached hydrogens (tertiary/aromatic N) is 4. The number of carbonyl (C=O) groups is 1. The summed E-state index contributed by atoms with van der Waals surface area (Å²) in [6, 6.07) is 20.3. The lowest BCUT2D eigenvalue weighted by Gasteiger charge is -2.26. The number of halogens is 1. The van der Waals surface area contributed by atoms with Crippen LogP contribution in [-0.4, -0.2) is 31.9 Å². The van der Waals surface area contributed by atoms with Crippen LogP contribution in [0.1, 0.15) is 57.6 Å². The maximum Gasteiger partial charge on any atom is 0.254 e. The van der Waals surface area contributed by atoms with Gasteiger partial charge in [-0.2, -0.15) is 0 Å². The van der Waals surface area contributed by atoms with E-state index in [1.807, 2.05) is 71.1 Å². The van der Waals surface area contributed by atoms with E-state index in [0.717, 1.165) is 35.6 Å². The molecule has 4 aromatic rings. The molecule has 1 aliphatic rings. The summed E-state index contributed by atoms with van der Waals surface area (Å²) >= 11 is 0. The molecule has 0 spiro atoms. The number of rotatable bonds is 6. The topological polar surface area (TPSA) is 51.0 Å². The smallest absolute Gasteiger partial charge is 0.254 e. The highest BCUT2D eigenvalue weighted by molar-refractivity contribution is 5.96. The standard InChI is InChI=1S/C28H27FN4O/c1-20-30-15-17-32(20)19-22-9-2-4-11-24(22)28(34)33-16-7-14-27(33)26-13-6-10-23(31-26)18-21-8-3-5-12-25(21)29/h2-6,8-13,15,17,27H,7,14,16,18-19H2,1H3/t27-/m0/s1. The first-order chi connectivity index (χ1) is 16.6. The number of imidazole rings is 1. The number of hydrogen-bond acceptors (Lipinski definition) is 3. The Morgan fingerprint density at radius 1 is 1.03 bits per heavy atom. The number of hydrogen-bond donors (Lipinski definition) is 0. The molecular formula is C28H27FN4O. The summed E-state index contributed by atoms with van der Waals surface area (Å²) in [7, 11) is 0. The Labute approximate surface area is 198 Å². The summed E-state index contributed by atoms with van der Waals surface area (Å²) in [6.45, 7) is 3.25. The minimum atomic E-state index is -0.225. The van der Waals surface area contributed by atoms with Crippen LogP contribution < -0.4 is 0 Å². The van der Waals surface area contributed by atoms with Crippen LogP contribution in [0.5, 0.6) is 0 Å². The third-order valence-corrected chi connectivity index (χ3v) is 6.52. The Balaban J connectivity index is 1.39. The average molecular weight is 455 g/mol. The van der Waals surface area contributed by atoms with Crippen LogP contribution >= 0.6 is 0 Å². The van der Waals surface area contributed by atoms with Gasteiger partial charge in [0, 0.05) is 43.2 Å². The fourth-order valence-corrected chi connectivity index (χ4v) is 4.71. The second kappa shape index (κ2) is 9.59. The van der Waals surface area contributed by atoms with E-state index < -0.39 is 0 Å². The van der Waals surface area contributed by atoms with Crippen LogP contribution in [0.25, 0.3) is 0 Å². The first-order valence-corrected chi connectivity index (χ1v) is 11.7. The van der Waals surface area contributed by atoms with Gasteiger partial charge in [0.05, 0.1) is 11.7 Å². The van der Waals surface area contributed by atoms with Gasteiger partial charge in [-0.3, -0.25) is 9.78 Å². The fourth-order valence-electron chi connectivity index (χ4n) is 4.71. The van der Waals surface area contributed by atoms with Crippen LogP contribution in [0.3, 0.4) is 0 Å². The van der Waals surface area contributed by atoms with Crippen LogP contribution in [-0.2, 0) is 13.0 Å². The van der Waals surface area contributed by atoms with Crippen molar-refractivity contribution in [2.75, 3.05) is 6.54 Å². The van der Waals surface area contributed by atoms with Crippen molar-refractivity contribution in [1.29, 1.82) is 0 Å². The number of carbonyl (C=O) groups excluding carboxylic acids is 1. The number of amides is 1. The summed E-state index contributed by atoms with van der Waals surface area (Å²) in [5.74, 6) is 0.714. The van der Waals surface area contributed by atoms with Crippen LogP contribution in [0.4, 0.5) is 4.39 Å². The third-order valence-electron chi connectivity index (χ3n) is 6.52. The van der Waals surface area contributed by atoms with E-state index in [0.29, 0.717) is 30.6 Å². The molecule has 0 bridgehead atoms. The van der Waals surface area contributed by atoms with Gasteiger partial charge in [-0.25, -0.2) is 9.37 Å². The lowest BCUT2D eigenvalue weighted by atomic mass is 10.0. The van der Waals surface area contributed by atoms with Crippen molar-refractivity contribution in [2.45, 2.75) is 38.8 Å². The third kappa shape index (κ3) is 4.49. The molecule has 1 fully saturated rings. The first-order valence-electron chi connectivity index (χ1n) is 11.7. The van der Waals surface area contributed by atoms with Gasteiger partial charge in [-0.15, -0.1) is 0 Å². The van der Waals surface area contributed by atoms with Crippen molar-refractivity contribution < 1.29 is 9.18 Å². The molecular weight excluding hydrogens is 427 g/mol. The molecule has 5 rings (SSSR count). The number of aryl methyl sites for hydroxylation is 1. The quantitative estimate of drug-likeness (QED) is 0.395. The number of pyridine rings is 1. The largest absolute Gasteiger partial charge is 0.331 e. The predicted molar refractivity (Wildman–Crippen MR) is 129 cm³/mol. The van der Waals surface area contributed by atoms with E-state index in [1.165, 1.54) is 6.07 Å². The Morgan fingerprint density at radius 2 is 1.82 bits per heavy atom. The molecule has 0 N–H and O–H groups in total. The molecule has 5 nitrogen and oxygen atoms in total. The lowest BCUT2D eigenvalue weighted by molar-refractivity contribution is 0.0731. The molecule has 34 heavy (non-hydrogen) atoms. The fraction of sp³-hybridized carbons (Fsp3) is 0.250. The van der Waals surface area contributed by atoms with Gasteiger partial charge in [0.15, 0.2) is 0 Å².